The van der Waals surface area contributed by atoms with E-state index in [9.17, 15) is 13.2 Å². The predicted octanol–water partition coefficient (Wildman–Crippen LogP) is 2.74. The highest BCUT2D eigenvalue weighted by Gasteiger charge is 2.30. The number of nitrogens with zero attached hydrogens (tertiary/aromatic N) is 4. The summed E-state index contributed by atoms with van der Waals surface area (Å²) in [5.74, 6) is 0.735. The lowest BCUT2D eigenvalue weighted by molar-refractivity contribution is -0.137. The van der Waals surface area contributed by atoms with Crippen LogP contribution in [-0.2, 0) is 12.7 Å². The Labute approximate surface area is 166 Å². The van der Waals surface area contributed by atoms with Crippen molar-refractivity contribution in [3.8, 4) is 0 Å². The van der Waals surface area contributed by atoms with Crippen molar-refractivity contribution in [1.82, 2.24) is 20.0 Å². The lowest BCUT2D eigenvalue weighted by atomic mass is 10.1. The van der Waals surface area contributed by atoms with Crippen molar-refractivity contribution in [2.24, 2.45) is 4.99 Å². The lowest BCUT2D eigenvalue weighted by Crippen LogP contribution is -2.53. The van der Waals surface area contributed by atoms with Gasteiger partial charge in [-0.2, -0.15) is 13.2 Å². The Hall–Kier alpha value is -1.80. The number of halogens is 3. The van der Waals surface area contributed by atoms with Gasteiger partial charge in [-0.3, -0.25) is 9.89 Å². The van der Waals surface area contributed by atoms with E-state index in [0.29, 0.717) is 12.6 Å². The Bertz CT molecular complexity index is 622. The van der Waals surface area contributed by atoms with Gasteiger partial charge in [0.1, 0.15) is 0 Å². The van der Waals surface area contributed by atoms with Crippen molar-refractivity contribution in [3.63, 3.8) is 0 Å². The van der Waals surface area contributed by atoms with Crippen molar-refractivity contribution in [1.29, 1.82) is 0 Å². The maximum atomic E-state index is 12.7. The van der Waals surface area contributed by atoms with E-state index in [0.717, 1.165) is 62.9 Å². The first-order valence-electron chi connectivity index (χ1n) is 9.79. The quantitative estimate of drug-likeness (QED) is 0.589. The summed E-state index contributed by atoms with van der Waals surface area (Å²) in [5.41, 5.74) is 0.181. The molecule has 0 amide bonds. The summed E-state index contributed by atoms with van der Waals surface area (Å²) in [4.78, 5) is 11.2. The summed E-state index contributed by atoms with van der Waals surface area (Å²) in [7, 11) is 3.61. The van der Waals surface area contributed by atoms with Crippen molar-refractivity contribution in [2.45, 2.75) is 32.6 Å². The van der Waals surface area contributed by atoms with Gasteiger partial charge in [0.25, 0.3) is 0 Å². The van der Waals surface area contributed by atoms with E-state index in [4.69, 9.17) is 0 Å². The molecule has 0 saturated carbocycles. The fourth-order valence-electron chi connectivity index (χ4n) is 3.42. The molecule has 1 fully saturated rings. The van der Waals surface area contributed by atoms with Gasteiger partial charge in [0.2, 0.25) is 0 Å². The van der Waals surface area contributed by atoms with Crippen LogP contribution in [0.15, 0.2) is 29.3 Å². The van der Waals surface area contributed by atoms with Crippen LogP contribution in [0, 0.1) is 0 Å². The maximum Gasteiger partial charge on any atom is 0.416 e. The zero-order valence-electron chi connectivity index (χ0n) is 17.3. The minimum atomic E-state index is -4.30. The molecule has 1 unspecified atom stereocenters. The number of piperazine rings is 1. The number of benzene rings is 1. The third-order valence-electron chi connectivity index (χ3n) is 5.31. The average Bonchev–Trinajstić information content (AvgIpc) is 2.68. The van der Waals surface area contributed by atoms with Crippen LogP contribution in [0.25, 0.3) is 0 Å². The predicted molar refractivity (Wildman–Crippen MR) is 107 cm³/mol. The zero-order chi connectivity index (χ0) is 20.7. The maximum absolute atomic E-state index is 12.7. The van der Waals surface area contributed by atoms with Gasteiger partial charge >= 0.3 is 6.18 Å². The molecule has 1 aliphatic rings. The summed E-state index contributed by atoms with van der Waals surface area (Å²) in [5, 5.41) is 3.39. The molecule has 5 nitrogen and oxygen atoms in total. The molecule has 1 aliphatic heterocycles. The molecule has 1 heterocycles. The molecule has 2 rings (SSSR count). The number of nitrogens with one attached hydrogen (secondary N) is 1. The molecule has 1 N–H and O–H groups in total. The van der Waals surface area contributed by atoms with Crippen LogP contribution >= 0.6 is 0 Å². The number of hydrogen-bond donors (Lipinski definition) is 1. The van der Waals surface area contributed by atoms with Crippen LogP contribution in [0.4, 0.5) is 13.2 Å². The largest absolute Gasteiger partial charge is 0.416 e. The van der Waals surface area contributed by atoms with Crippen molar-refractivity contribution in [3.05, 3.63) is 35.4 Å². The first-order valence-corrected chi connectivity index (χ1v) is 9.79. The minimum absolute atomic E-state index is 0.384. The molecule has 0 aliphatic carbocycles. The summed E-state index contributed by atoms with van der Waals surface area (Å²) in [6, 6.07) is 5.66. The number of guanidine groups is 1. The van der Waals surface area contributed by atoms with Crippen LogP contribution in [0.1, 0.15) is 25.0 Å². The topological polar surface area (TPSA) is 34.1 Å². The van der Waals surface area contributed by atoms with Crippen molar-refractivity contribution >= 4 is 5.96 Å². The van der Waals surface area contributed by atoms with Crippen LogP contribution < -0.4 is 5.32 Å². The average molecular weight is 400 g/mol. The second kappa shape index (κ2) is 10.1. The van der Waals surface area contributed by atoms with E-state index >= 15 is 0 Å². The Balaban J connectivity index is 1.84. The third kappa shape index (κ3) is 6.38. The zero-order valence-corrected chi connectivity index (χ0v) is 17.3. The fourth-order valence-corrected chi connectivity index (χ4v) is 3.42. The Morgan fingerprint density at radius 2 is 1.79 bits per heavy atom. The highest BCUT2D eigenvalue weighted by Crippen LogP contribution is 2.29. The van der Waals surface area contributed by atoms with E-state index in [1.165, 1.54) is 12.1 Å². The molecule has 1 aromatic rings. The molecule has 0 bridgehead atoms. The molecule has 0 spiro atoms. The van der Waals surface area contributed by atoms with Crippen molar-refractivity contribution in [2.75, 3.05) is 53.4 Å². The minimum Gasteiger partial charge on any atom is -0.355 e. The summed E-state index contributed by atoms with van der Waals surface area (Å²) in [6.07, 6.45) is -4.30. The van der Waals surface area contributed by atoms with Gasteiger partial charge < -0.3 is 15.1 Å². The molecule has 1 saturated heterocycles. The smallest absolute Gasteiger partial charge is 0.355 e. The number of rotatable bonds is 6. The first kappa shape index (κ1) is 22.5. The number of alkyl halides is 3. The molecule has 1 aromatic carbocycles. The molecule has 1 atom stereocenters. The molecule has 28 heavy (non-hydrogen) atoms. The summed E-state index contributed by atoms with van der Waals surface area (Å²) >= 11 is 0. The third-order valence-corrected chi connectivity index (χ3v) is 5.31. The van der Waals surface area contributed by atoms with Crippen molar-refractivity contribution < 1.29 is 13.2 Å². The normalized spacial score (nSPS) is 18.2. The molecular weight excluding hydrogens is 367 g/mol. The number of likely N-dealkylation sites (N-methyl/N-ethyl adjacent to an activating group) is 1. The summed E-state index contributed by atoms with van der Waals surface area (Å²) in [6.45, 7) is 11.1. The SMILES string of the molecule is CCN1CCN(C(C)CNC(=NC)N(C)Cc2ccc(C(F)(F)F)cc2)CC1. The monoisotopic (exact) mass is 399 g/mol. The van der Waals surface area contributed by atoms with E-state index in [2.05, 4.69) is 34.0 Å². The van der Waals surface area contributed by atoms with E-state index < -0.39 is 11.7 Å². The molecule has 0 radical (unpaired) electrons. The Kier molecular flexibility index (Phi) is 8.12. The summed E-state index contributed by atoms with van der Waals surface area (Å²) < 4.78 is 38.1. The lowest BCUT2D eigenvalue weighted by Gasteiger charge is -2.38. The standard InChI is InChI=1S/C20H32F3N5/c1-5-27-10-12-28(13-11-27)16(2)14-25-19(24-3)26(4)15-17-6-8-18(9-7-17)20(21,22)23/h6-9,16H,5,10-15H2,1-4H3,(H,24,25). The van der Waals surface area contributed by atoms with E-state index in [1.54, 1.807) is 7.05 Å². The number of hydrogen-bond acceptors (Lipinski definition) is 3. The van der Waals surface area contributed by atoms with Gasteiger partial charge in [-0.25, -0.2) is 0 Å². The van der Waals surface area contributed by atoms with Crippen LogP contribution in [0.2, 0.25) is 0 Å². The van der Waals surface area contributed by atoms with Crippen LogP contribution in [0.3, 0.4) is 0 Å². The highest BCUT2D eigenvalue weighted by atomic mass is 19.4. The van der Waals surface area contributed by atoms with Gasteiger partial charge in [0.15, 0.2) is 5.96 Å². The second-order valence-corrected chi connectivity index (χ2v) is 7.30. The van der Waals surface area contributed by atoms with Gasteiger partial charge in [-0.15, -0.1) is 0 Å². The van der Waals surface area contributed by atoms with Crippen LogP contribution in [0.5, 0.6) is 0 Å². The van der Waals surface area contributed by atoms with E-state index in [-0.39, 0.29) is 0 Å². The molecule has 0 aromatic heterocycles. The fraction of sp³-hybridized carbons (Fsp3) is 0.650. The highest BCUT2D eigenvalue weighted by molar-refractivity contribution is 5.79. The van der Waals surface area contributed by atoms with Crippen LogP contribution in [-0.4, -0.2) is 80.1 Å². The molecule has 8 heteroatoms. The van der Waals surface area contributed by atoms with Gasteiger partial charge in [-0.05, 0) is 31.2 Å². The second-order valence-electron chi connectivity index (χ2n) is 7.30. The first-order chi connectivity index (χ1) is 13.2. The number of aliphatic imine (C=N–C) groups is 1. The van der Waals surface area contributed by atoms with Gasteiger partial charge in [-0.1, -0.05) is 19.1 Å². The molecular formula is C20H32F3N5. The Morgan fingerprint density at radius 1 is 1.18 bits per heavy atom. The van der Waals surface area contributed by atoms with Gasteiger partial charge in [0, 0.05) is 59.4 Å². The molecule has 158 valence electrons. The Morgan fingerprint density at radius 3 is 2.29 bits per heavy atom. The van der Waals surface area contributed by atoms with E-state index in [1.807, 2.05) is 11.9 Å². The van der Waals surface area contributed by atoms with Gasteiger partial charge in [0.05, 0.1) is 5.56 Å².